The molecule has 4 aromatic rings. The van der Waals surface area contributed by atoms with Crippen molar-refractivity contribution in [3.8, 4) is 5.88 Å². The first-order valence-corrected chi connectivity index (χ1v) is 12.6. The number of rotatable bonds is 8. The largest absolute Gasteiger partial charge is 0.680 e. The first kappa shape index (κ1) is 26.1. The number of nitrogens with zero attached hydrogens (tertiary/aromatic N) is 5. The number of aryl methyl sites for hydroxylation is 2. The van der Waals surface area contributed by atoms with E-state index in [0.29, 0.717) is 35.9 Å². The lowest BCUT2D eigenvalue weighted by Gasteiger charge is -2.23. The number of methoxy groups -OCH3 is 1. The van der Waals surface area contributed by atoms with Gasteiger partial charge in [-0.25, -0.2) is 4.99 Å². The SMILES string of the molecule is COc1ccc(/C(=C2\C=CC(N(Cc3ccccn3)Cc3ccccn3)=N2)c2c(C)cccc2C)n1B(F)F. The summed E-state index contributed by atoms with van der Waals surface area (Å²) in [7, 11) is -1.40. The third-order valence-electron chi connectivity index (χ3n) is 6.64. The molecule has 0 spiro atoms. The van der Waals surface area contributed by atoms with Crippen molar-refractivity contribution < 1.29 is 13.4 Å². The molecule has 3 aromatic heterocycles. The molecule has 0 saturated carbocycles. The van der Waals surface area contributed by atoms with Crippen LogP contribution in [-0.4, -0.2) is 39.7 Å². The van der Waals surface area contributed by atoms with Gasteiger partial charge in [0.15, 0.2) is 5.88 Å². The van der Waals surface area contributed by atoms with E-state index >= 15 is 0 Å². The standard InChI is InChI=1S/C30H28BF2N5O/c1-21-9-8-10-22(2)29(21)30(26-14-16-28(39-3)38(26)31(32)33)25-13-15-27(36-25)37(19-23-11-4-6-17-34-23)20-24-12-5-7-18-35-24/h4-18H,19-20H2,1-3H3/b30-25-. The van der Waals surface area contributed by atoms with E-state index < -0.39 is 7.40 Å². The number of allylic oxidation sites excluding steroid dienone is 1. The van der Waals surface area contributed by atoms with Crippen LogP contribution < -0.4 is 4.74 Å². The number of pyridine rings is 2. The molecular weight excluding hydrogens is 495 g/mol. The number of hydrogen-bond donors (Lipinski definition) is 0. The van der Waals surface area contributed by atoms with Crippen molar-refractivity contribution >= 4 is 18.8 Å². The molecule has 196 valence electrons. The van der Waals surface area contributed by atoms with E-state index in [9.17, 15) is 8.63 Å². The van der Waals surface area contributed by atoms with Crippen LogP contribution in [0.15, 0.2) is 102 Å². The van der Waals surface area contributed by atoms with Crippen LogP contribution >= 0.6 is 0 Å². The molecule has 0 fully saturated rings. The maximum absolute atomic E-state index is 14.3. The highest BCUT2D eigenvalue weighted by Gasteiger charge is 2.29. The second-order valence-corrected chi connectivity index (χ2v) is 9.24. The zero-order chi connectivity index (χ0) is 27.4. The molecule has 0 bridgehead atoms. The first-order chi connectivity index (χ1) is 19.0. The van der Waals surface area contributed by atoms with Gasteiger partial charge in [0.25, 0.3) is 0 Å². The molecule has 1 aromatic carbocycles. The van der Waals surface area contributed by atoms with Gasteiger partial charge < -0.3 is 9.64 Å². The number of ether oxygens (including phenoxy) is 1. The normalized spacial score (nSPS) is 13.8. The molecule has 1 aliphatic rings. The van der Waals surface area contributed by atoms with Gasteiger partial charge in [0, 0.05) is 23.7 Å². The number of aromatic nitrogens is 3. The van der Waals surface area contributed by atoms with Crippen molar-refractivity contribution in [1.29, 1.82) is 0 Å². The molecule has 0 unspecified atom stereocenters. The first-order valence-electron chi connectivity index (χ1n) is 12.6. The smallest absolute Gasteiger partial charge is 0.483 e. The summed E-state index contributed by atoms with van der Waals surface area (Å²) in [6, 6.07) is 20.7. The molecule has 0 radical (unpaired) electrons. The van der Waals surface area contributed by atoms with Gasteiger partial charge in [0.1, 0.15) is 5.84 Å². The minimum absolute atomic E-state index is 0.0856. The molecule has 0 amide bonds. The lowest BCUT2D eigenvalue weighted by atomic mass is 9.91. The van der Waals surface area contributed by atoms with Gasteiger partial charge in [-0.15, -0.1) is 0 Å². The summed E-state index contributed by atoms with van der Waals surface area (Å²) in [4.78, 5) is 16.1. The molecule has 5 rings (SSSR count). The molecule has 0 N–H and O–H groups in total. The summed E-state index contributed by atoms with van der Waals surface area (Å²) in [6.45, 7) is 4.97. The Morgan fingerprint density at radius 3 is 2.03 bits per heavy atom. The predicted molar refractivity (Wildman–Crippen MR) is 151 cm³/mol. The Hall–Kier alpha value is -4.53. The molecule has 0 atom stereocenters. The van der Waals surface area contributed by atoms with E-state index in [0.717, 1.165) is 32.6 Å². The quantitative estimate of drug-likeness (QED) is 0.262. The van der Waals surface area contributed by atoms with E-state index in [2.05, 4.69) is 14.9 Å². The van der Waals surface area contributed by atoms with Gasteiger partial charge in [0.05, 0.1) is 37.3 Å². The lowest BCUT2D eigenvalue weighted by molar-refractivity contribution is 0.387. The van der Waals surface area contributed by atoms with E-state index in [4.69, 9.17) is 9.73 Å². The Labute approximate surface area is 227 Å². The summed E-state index contributed by atoms with van der Waals surface area (Å²) in [5, 5.41) is 0. The van der Waals surface area contributed by atoms with Crippen LogP contribution in [0.25, 0.3) is 5.57 Å². The van der Waals surface area contributed by atoms with Crippen LogP contribution in [-0.2, 0) is 13.1 Å². The Kier molecular flexibility index (Phi) is 7.68. The minimum Gasteiger partial charge on any atom is -0.483 e. The van der Waals surface area contributed by atoms with Crippen molar-refractivity contribution in [3.05, 3.63) is 131 Å². The maximum Gasteiger partial charge on any atom is 0.680 e. The molecule has 0 saturated heterocycles. The van der Waals surface area contributed by atoms with Crippen molar-refractivity contribution in [1.82, 2.24) is 19.3 Å². The lowest BCUT2D eigenvalue weighted by Crippen LogP contribution is -2.28. The Bertz CT molecular complexity index is 1490. The zero-order valence-corrected chi connectivity index (χ0v) is 22.1. The minimum atomic E-state index is -2.79. The van der Waals surface area contributed by atoms with Crippen LogP contribution in [0.3, 0.4) is 0 Å². The predicted octanol–water partition coefficient (Wildman–Crippen LogP) is 6.11. The second-order valence-electron chi connectivity index (χ2n) is 9.24. The van der Waals surface area contributed by atoms with Gasteiger partial charge in [-0.05, 0) is 79.1 Å². The summed E-state index contributed by atoms with van der Waals surface area (Å²) >= 11 is 0. The molecule has 1 aliphatic heterocycles. The average Bonchev–Trinajstić information content (AvgIpc) is 3.59. The third kappa shape index (κ3) is 5.52. The van der Waals surface area contributed by atoms with Crippen molar-refractivity contribution in [2.75, 3.05) is 7.11 Å². The summed E-state index contributed by atoms with van der Waals surface area (Å²) < 4.78 is 34.9. The Balaban J connectivity index is 1.66. The molecule has 6 nitrogen and oxygen atoms in total. The van der Waals surface area contributed by atoms with Crippen molar-refractivity contribution in [3.63, 3.8) is 0 Å². The highest BCUT2D eigenvalue weighted by Crippen LogP contribution is 2.37. The van der Waals surface area contributed by atoms with Crippen LogP contribution in [0, 0.1) is 13.8 Å². The van der Waals surface area contributed by atoms with Crippen LogP contribution in [0.1, 0.15) is 33.8 Å². The number of hydrogen-bond acceptors (Lipinski definition) is 5. The van der Waals surface area contributed by atoms with Gasteiger partial charge in [-0.2, -0.15) is 0 Å². The van der Waals surface area contributed by atoms with Gasteiger partial charge in [-0.3, -0.25) is 23.1 Å². The number of amidine groups is 1. The summed E-state index contributed by atoms with van der Waals surface area (Å²) in [5.74, 6) is 0.787. The van der Waals surface area contributed by atoms with Gasteiger partial charge in [-0.1, -0.05) is 30.3 Å². The highest BCUT2D eigenvalue weighted by molar-refractivity contribution is 6.42. The van der Waals surface area contributed by atoms with Crippen LogP contribution in [0.2, 0.25) is 0 Å². The van der Waals surface area contributed by atoms with E-state index in [1.54, 1.807) is 24.5 Å². The number of halogens is 2. The van der Waals surface area contributed by atoms with Gasteiger partial charge in [0.2, 0.25) is 0 Å². The monoisotopic (exact) mass is 523 g/mol. The molecule has 0 aliphatic carbocycles. The molecule has 4 heterocycles. The number of aliphatic imine (C=N–C) groups is 1. The molecule has 39 heavy (non-hydrogen) atoms. The van der Waals surface area contributed by atoms with Crippen molar-refractivity contribution in [2.24, 2.45) is 4.99 Å². The summed E-state index contributed by atoms with van der Waals surface area (Å²) in [5.41, 5.74) is 6.12. The fraction of sp³-hybridized carbons (Fsp3) is 0.167. The molecular formula is C30H28BF2N5O. The van der Waals surface area contributed by atoms with E-state index in [-0.39, 0.29) is 5.88 Å². The Morgan fingerprint density at radius 2 is 1.49 bits per heavy atom. The van der Waals surface area contributed by atoms with E-state index in [1.165, 1.54) is 7.11 Å². The third-order valence-corrected chi connectivity index (χ3v) is 6.64. The molecule has 9 heteroatoms. The fourth-order valence-electron chi connectivity index (χ4n) is 4.86. The summed E-state index contributed by atoms with van der Waals surface area (Å²) in [6.07, 6.45) is 7.32. The highest BCUT2D eigenvalue weighted by atomic mass is 19.2. The average molecular weight is 523 g/mol. The fourth-order valence-corrected chi connectivity index (χ4v) is 4.86. The van der Waals surface area contributed by atoms with Crippen LogP contribution in [0.5, 0.6) is 5.88 Å². The zero-order valence-electron chi connectivity index (χ0n) is 22.1. The van der Waals surface area contributed by atoms with Crippen molar-refractivity contribution in [2.45, 2.75) is 26.9 Å². The second kappa shape index (κ2) is 11.5. The number of benzene rings is 1. The maximum atomic E-state index is 14.3. The Morgan fingerprint density at radius 1 is 0.846 bits per heavy atom. The topological polar surface area (TPSA) is 55.5 Å². The van der Waals surface area contributed by atoms with Gasteiger partial charge >= 0.3 is 7.40 Å². The van der Waals surface area contributed by atoms with Crippen LogP contribution in [0.4, 0.5) is 8.63 Å². The van der Waals surface area contributed by atoms with E-state index in [1.807, 2.05) is 80.6 Å².